The molecule has 0 spiro atoms. The summed E-state index contributed by atoms with van der Waals surface area (Å²) in [5.74, 6) is 0. The van der Waals surface area contributed by atoms with Gasteiger partial charge in [-0.15, -0.1) is 0 Å². The molecule has 0 aromatic heterocycles. The van der Waals surface area contributed by atoms with Crippen LogP contribution < -0.4 is 0 Å². The van der Waals surface area contributed by atoms with Crippen molar-refractivity contribution in [1.29, 1.82) is 0 Å². The van der Waals surface area contributed by atoms with Gasteiger partial charge >= 0.3 is 0 Å². The van der Waals surface area contributed by atoms with Gasteiger partial charge in [-0.1, -0.05) is 28.7 Å². The Morgan fingerprint density at radius 2 is 2.11 bits per heavy atom. The van der Waals surface area contributed by atoms with Gasteiger partial charge in [0.25, 0.3) is 5.69 Å². The molecule has 0 amide bonds. The maximum atomic E-state index is 10.9. The Balaban J connectivity index is 2.10. The number of hydrogen-bond acceptors (Lipinski definition) is 3. The van der Waals surface area contributed by atoms with Crippen molar-refractivity contribution in [2.24, 2.45) is 0 Å². The number of hydrogen-bond donors (Lipinski definition) is 0. The largest absolute Gasteiger partial charge is 0.296 e. The molecule has 0 radical (unpaired) electrons. The Kier molecular flexibility index (Phi) is 3.27. The van der Waals surface area contributed by atoms with Crippen molar-refractivity contribution in [3.63, 3.8) is 0 Å². The van der Waals surface area contributed by atoms with Crippen LogP contribution >= 0.6 is 22.6 Å². The maximum absolute atomic E-state index is 10.9. The number of non-ortho nitro benzene ring substituents is 1. The first-order valence-corrected chi connectivity index (χ1v) is 7.58. The number of fused-ring (bicyclic) bond motifs is 3. The van der Waals surface area contributed by atoms with Gasteiger partial charge in [0.15, 0.2) is 0 Å². The molecule has 5 heteroatoms. The molecule has 1 saturated heterocycles. The molecule has 96 valence electrons. The van der Waals surface area contributed by atoms with Crippen molar-refractivity contribution < 1.29 is 4.92 Å². The fraction of sp³-hybridized carbons (Fsp3) is 0.538. The van der Waals surface area contributed by atoms with Gasteiger partial charge in [0.05, 0.1) is 4.92 Å². The lowest BCUT2D eigenvalue weighted by atomic mass is 9.97. The second-order valence-electron chi connectivity index (χ2n) is 5.02. The third-order valence-electron chi connectivity index (χ3n) is 4.01. The number of rotatable bonds is 1. The lowest BCUT2D eigenvalue weighted by Crippen LogP contribution is -2.22. The molecule has 0 saturated carbocycles. The molecule has 0 N–H and O–H groups in total. The zero-order valence-electron chi connectivity index (χ0n) is 10.0. The van der Waals surface area contributed by atoms with E-state index in [0.717, 1.165) is 25.9 Å². The maximum Gasteiger partial charge on any atom is 0.269 e. The second-order valence-corrected chi connectivity index (χ2v) is 6.52. The summed E-state index contributed by atoms with van der Waals surface area (Å²) in [6.45, 7) is 2.25. The first kappa shape index (κ1) is 12.3. The normalized spacial score (nSPS) is 27.4. The van der Waals surface area contributed by atoms with Crippen LogP contribution in [0.4, 0.5) is 5.69 Å². The van der Waals surface area contributed by atoms with E-state index in [4.69, 9.17) is 0 Å². The first-order valence-electron chi connectivity index (χ1n) is 6.33. The quantitative estimate of drug-likeness (QED) is 0.334. The first-order chi connectivity index (χ1) is 8.66. The molecular weight excluding hydrogens is 343 g/mol. The molecule has 3 rings (SSSR count). The van der Waals surface area contributed by atoms with Crippen molar-refractivity contribution in [3.8, 4) is 0 Å². The van der Waals surface area contributed by atoms with E-state index in [0.29, 0.717) is 9.97 Å². The molecule has 4 nitrogen and oxygen atoms in total. The van der Waals surface area contributed by atoms with Gasteiger partial charge in [0, 0.05) is 28.6 Å². The fourth-order valence-electron chi connectivity index (χ4n) is 3.13. The van der Waals surface area contributed by atoms with Crippen LogP contribution in [0, 0.1) is 10.1 Å². The van der Waals surface area contributed by atoms with E-state index < -0.39 is 0 Å². The lowest BCUT2D eigenvalue weighted by Gasteiger charge is -2.22. The van der Waals surface area contributed by atoms with E-state index in [1.165, 1.54) is 17.5 Å². The molecule has 2 unspecified atom stereocenters. The Labute approximate surface area is 120 Å². The summed E-state index contributed by atoms with van der Waals surface area (Å²) in [6.07, 6.45) is 3.48. The van der Waals surface area contributed by atoms with Crippen LogP contribution in [-0.4, -0.2) is 22.9 Å². The van der Waals surface area contributed by atoms with Crippen molar-refractivity contribution in [3.05, 3.63) is 39.4 Å². The van der Waals surface area contributed by atoms with Gasteiger partial charge in [-0.25, -0.2) is 0 Å². The van der Waals surface area contributed by atoms with E-state index >= 15 is 0 Å². The Bertz CT molecular complexity index is 492. The molecule has 2 aliphatic heterocycles. The minimum Gasteiger partial charge on any atom is -0.296 e. The highest BCUT2D eigenvalue weighted by Gasteiger charge is 2.33. The van der Waals surface area contributed by atoms with Crippen LogP contribution in [0.3, 0.4) is 0 Å². The summed E-state index contributed by atoms with van der Waals surface area (Å²) in [7, 11) is 0. The number of halogens is 1. The second kappa shape index (κ2) is 4.77. The van der Waals surface area contributed by atoms with E-state index in [1.54, 1.807) is 12.1 Å². The van der Waals surface area contributed by atoms with Gasteiger partial charge in [-0.3, -0.25) is 15.0 Å². The fourth-order valence-corrected chi connectivity index (χ4v) is 3.98. The Morgan fingerprint density at radius 3 is 2.89 bits per heavy atom. The average Bonchev–Trinajstić information content (AvgIpc) is 2.78. The predicted octanol–water partition coefficient (Wildman–Crippen LogP) is 3.61. The van der Waals surface area contributed by atoms with Crippen LogP contribution in [0.1, 0.15) is 40.4 Å². The average molecular weight is 358 g/mol. The molecule has 2 heterocycles. The number of nitro groups is 1. The number of nitrogens with zero attached hydrogens (tertiary/aromatic N) is 2. The Morgan fingerprint density at radius 1 is 1.28 bits per heavy atom. The minimum absolute atomic E-state index is 0.228. The predicted molar refractivity (Wildman–Crippen MR) is 78.0 cm³/mol. The van der Waals surface area contributed by atoms with E-state index in [2.05, 4.69) is 27.5 Å². The third kappa shape index (κ3) is 2.03. The molecule has 0 bridgehead atoms. The van der Waals surface area contributed by atoms with Crippen LogP contribution in [0.2, 0.25) is 0 Å². The third-order valence-corrected chi connectivity index (χ3v) is 5.30. The molecule has 2 aliphatic rings. The SMILES string of the molecule is O=[N+]([O-])c1ccc2c(c1)C1CCCN1CCC2I. The van der Waals surface area contributed by atoms with Gasteiger partial charge in [-0.05, 0) is 36.9 Å². The highest BCUT2D eigenvalue weighted by atomic mass is 127. The summed E-state index contributed by atoms with van der Waals surface area (Å²) in [5, 5.41) is 10.9. The van der Waals surface area contributed by atoms with Gasteiger partial charge in [-0.2, -0.15) is 0 Å². The summed E-state index contributed by atoms with van der Waals surface area (Å²) in [6, 6.07) is 5.82. The van der Waals surface area contributed by atoms with Crippen LogP contribution in [0.25, 0.3) is 0 Å². The smallest absolute Gasteiger partial charge is 0.269 e. The molecule has 2 atom stereocenters. The number of nitro benzene ring substituents is 1. The molecular formula is C13H15IN2O2. The van der Waals surface area contributed by atoms with Crippen molar-refractivity contribution >= 4 is 28.3 Å². The van der Waals surface area contributed by atoms with Crippen molar-refractivity contribution in [2.45, 2.75) is 29.2 Å². The molecule has 1 aromatic carbocycles. The molecule has 18 heavy (non-hydrogen) atoms. The van der Waals surface area contributed by atoms with Crippen molar-refractivity contribution in [2.75, 3.05) is 13.1 Å². The van der Waals surface area contributed by atoms with Crippen LogP contribution in [0.15, 0.2) is 18.2 Å². The van der Waals surface area contributed by atoms with Gasteiger partial charge in [0.2, 0.25) is 0 Å². The zero-order chi connectivity index (χ0) is 12.7. The van der Waals surface area contributed by atoms with Gasteiger partial charge < -0.3 is 0 Å². The van der Waals surface area contributed by atoms with E-state index in [1.807, 2.05) is 6.07 Å². The summed E-state index contributed by atoms with van der Waals surface area (Å²) in [4.78, 5) is 13.1. The summed E-state index contributed by atoms with van der Waals surface area (Å²) >= 11 is 2.47. The van der Waals surface area contributed by atoms with E-state index in [9.17, 15) is 10.1 Å². The minimum atomic E-state index is -0.285. The number of benzene rings is 1. The lowest BCUT2D eigenvalue weighted by molar-refractivity contribution is -0.385. The summed E-state index contributed by atoms with van der Waals surface area (Å²) in [5.41, 5.74) is 2.72. The number of alkyl halides is 1. The highest BCUT2D eigenvalue weighted by Crippen LogP contribution is 2.43. The standard InChI is InChI=1S/C13H15IN2O2/c14-12-5-7-15-6-1-2-13(15)11-8-9(16(17)18)3-4-10(11)12/h3-4,8,12-13H,1-2,5-7H2. The molecule has 1 fully saturated rings. The topological polar surface area (TPSA) is 46.4 Å². The molecule has 0 aliphatic carbocycles. The van der Waals surface area contributed by atoms with Gasteiger partial charge in [0.1, 0.15) is 0 Å². The van der Waals surface area contributed by atoms with Crippen LogP contribution in [-0.2, 0) is 0 Å². The van der Waals surface area contributed by atoms with Crippen LogP contribution in [0.5, 0.6) is 0 Å². The van der Waals surface area contributed by atoms with E-state index in [-0.39, 0.29) is 10.6 Å². The Hall–Kier alpha value is -0.690. The van der Waals surface area contributed by atoms with Crippen molar-refractivity contribution in [1.82, 2.24) is 4.90 Å². The highest BCUT2D eigenvalue weighted by molar-refractivity contribution is 14.1. The monoisotopic (exact) mass is 358 g/mol. The molecule has 1 aromatic rings. The summed E-state index contributed by atoms with van der Waals surface area (Å²) < 4.78 is 0.476. The zero-order valence-corrected chi connectivity index (χ0v) is 12.2.